The maximum Gasteiger partial charge on any atom is 0.253 e. The van der Waals surface area contributed by atoms with Crippen molar-refractivity contribution in [1.82, 2.24) is 20.1 Å². The Balaban J connectivity index is 2.25. The van der Waals surface area contributed by atoms with Crippen LogP contribution in [0.5, 0.6) is 0 Å². The summed E-state index contributed by atoms with van der Waals surface area (Å²) in [7, 11) is 1.82. The highest BCUT2D eigenvalue weighted by molar-refractivity contribution is 7.80. The van der Waals surface area contributed by atoms with Crippen LogP contribution in [0.15, 0.2) is 29.1 Å². The maximum atomic E-state index is 12.5. The van der Waals surface area contributed by atoms with Crippen molar-refractivity contribution in [2.24, 2.45) is 0 Å². The number of thiocarbonyl (C=S) groups is 1. The van der Waals surface area contributed by atoms with Crippen LogP contribution < -0.4 is 10.9 Å². The van der Waals surface area contributed by atoms with E-state index in [2.05, 4.69) is 46.9 Å². The Kier molecular flexibility index (Phi) is 6.96. The van der Waals surface area contributed by atoms with E-state index in [1.165, 1.54) is 5.56 Å². The van der Waals surface area contributed by atoms with Gasteiger partial charge in [0, 0.05) is 31.2 Å². The van der Waals surface area contributed by atoms with E-state index in [1.54, 1.807) is 0 Å². The normalized spacial score (nSPS) is 11.1. The van der Waals surface area contributed by atoms with Gasteiger partial charge >= 0.3 is 0 Å². The minimum absolute atomic E-state index is 0.0527. The predicted octanol–water partition coefficient (Wildman–Crippen LogP) is 2.48. The van der Waals surface area contributed by atoms with Crippen LogP contribution in [0.2, 0.25) is 0 Å². The van der Waals surface area contributed by atoms with E-state index < -0.39 is 0 Å². The molecule has 2 aromatic rings. The van der Waals surface area contributed by atoms with Crippen LogP contribution in [0.1, 0.15) is 25.0 Å². The number of aromatic amines is 1. The second-order valence-electron chi connectivity index (χ2n) is 6.22. The zero-order valence-electron chi connectivity index (χ0n) is 15.6. The topological polar surface area (TPSA) is 51.4 Å². The molecule has 136 valence electrons. The van der Waals surface area contributed by atoms with Crippen LogP contribution in [-0.2, 0) is 6.54 Å². The molecule has 5 nitrogen and oxygen atoms in total. The van der Waals surface area contributed by atoms with Crippen molar-refractivity contribution in [1.29, 1.82) is 0 Å². The number of nitrogens with one attached hydrogen (secondary N) is 2. The average Bonchev–Trinajstić information content (AvgIpc) is 2.61. The summed E-state index contributed by atoms with van der Waals surface area (Å²) in [5.74, 6) is 0. The van der Waals surface area contributed by atoms with E-state index in [0.29, 0.717) is 11.7 Å². The Morgan fingerprint density at radius 3 is 2.56 bits per heavy atom. The first-order chi connectivity index (χ1) is 12.0. The molecule has 1 aromatic heterocycles. The number of benzene rings is 1. The highest BCUT2D eigenvalue weighted by atomic mass is 32.1. The van der Waals surface area contributed by atoms with Crippen molar-refractivity contribution in [2.45, 2.75) is 27.3 Å². The average molecular weight is 361 g/mol. The van der Waals surface area contributed by atoms with Crippen LogP contribution in [-0.4, -0.2) is 53.1 Å². The lowest BCUT2D eigenvalue weighted by atomic mass is 10.1. The second-order valence-corrected chi connectivity index (χ2v) is 6.60. The fourth-order valence-electron chi connectivity index (χ4n) is 2.91. The lowest BCUT2D eigenvalue weighted by Crippen LogP contribution is -2.43. The summed E-state index contributed by atoms with van der Waals surface area (Å²) in [5, 5.41) is 4.75. The number of hydrogen-bond acceptors (Lipinski definition) is 3. The van der Waals surface area contributed by atoms with Gasteiger partial charge in [-0.2, -0.15) is 0 Å². The Bertz CT molecular complexity index is 783. The molecule has 0 radical (unpaired) electrons. The first-order valence-electron chi connectivity index (χ1n) is 8.80. The van der Waals surface area contributed by atoms with Gasteiger partial charge in [-0.15, -0.1) is 0 Å². The van der Waals surface area contributed by atoms with Crippen LogP contribution in [0.3, 0.4) is 0 Å². The van der Waals surface area contributed by atoms with Gasteiger partial charge in [0.1, 0.15) is 0 Å². The summed E-state index contributed by atoms with van der Waals surface area (Å²) in [6.07, 6.45) is 0. The number of H-pyrrole nitrogens is 1. The third-order valence-electron chi connectivity index (χ3n) is 4.52. The number of rotatable bonds is 7. The zero-order valence-corrected chi connectivity index (χ0v) is 16.4. The molecule has 25 heavy (non-hydrogen) atoms. The van der Waals surface area contributed by atoms with Crippen molar-refractivity contribution in [2.75, 3.05) is 33.2 Å². The predicted molar refractivity (Wildman–Crippen MR) is 109 cm³/mol. The number of pyridine rings is 1. The van der Waals surface area contributed by atoms with Gasteiger partial charge in [0.25, 0.3) is 5.56 Å². The van der Waals surface area contributed by atoms with Crippen LogP contribution in [0.25, 0.3) is 10.9 Å². The standard InChI is InChI=1S/C19H28N4OS/c1-5-22(6-2)9-10-23(19(25)20-4)13-16-12-15-11-14(3)7-8-17(15)21-18(16)24/h7-8,11-12H,5-6,9-10,13H2,1-4H3,(H,20,25)(H,21,24). The van der Waals surface area contributed by atoms with Gasteiger partial charge in [0.05, 0.1) is 6.54 Å². The van der Waals surface area contributed by atoms with Crippen molar-refractivity contribution in [3.63, 3.8) is 0 Å². The fraction of sp³-hybridized carbons (Fsp3) is 0.474. The van der Waals surface area contributed by atoms with Gasteiger partial charge in [0.2, 0.25) is 0 Å². The Labute approximate surface area is 155 Å². The second kappa shape index (κ2) is 8.97. The molecule has 0 aliphatic heterocycles. The molecular formula is C19H28N4OS. The van der Waals surface area contributed by atoms with Crippen LogP contribution in [0, 0.1) is 6.92 Å². The summed E-state index contributed by atoms with van der Waals surface area (Å²) in [6.45, 7) is 10.6. The van der Waals surface area contributed by atoms with Crippen LogP contribution >= 0.6 is 12.2 Å². The number of aryl methyl sites for hydroxylation is 1. The first kappa shape index (κ1) is 19.4. The van der Waals surface area contributed by atoms with Crippen molar-refractivity contribution in [3.8, 4) is 0 Å². The summed E-state index contributed by atoms with van der Waals surface area (Å²) in [4.78, 5) is 19.8. The number of likely N-dealkylation sites (N-methyl/N-ethyl adjacent to an activating group) is 1. The van der Waals surface area contributed by atoms with Gasteiger partial charge in [-0.1, -0.05) is 25.5 Å². The van der Waals surface area contributed by atoms with Crippen LogP contribution in [0.4, 0.5) is 0 Å². The first-order valence-corrected chi connectivity index (χ1v) is 9.20. The number of hydrogen-bond donors (Lipinski definition) is 2. The third-order valence-corrected chi connectivity index (χ3v) is 4.98. The Hall–Kier alpha value is -1.92. The van der Waals surface area contributed by atoms with Crippen molar-refractivity contribution < 1.29 is 0 Å². The number of fused-ring (bicyclic) bond motifs is 1. The number of nitrogens with zero attached hydrogens (tertiary/aromatic N) is 2. The monoisotopic (exact) mass is 360 g/mol. The molecule has 0 unspecified atom stereocenters. The van der Waals surface area contributed by atoms with Gasteiger partial charge < -0.3 is 20.1 Å². The molecule has 0 aliphatic rings. The fourth-order valence-corrected chi connectivity index (χ4v) is 3.06. The molecule has 0 amide bonds. The minimum atomic E-state index is -0.0527. The van der Waals surface area contributed by atoms with E-state index in [-0.39, 0.29) is 5.56 Å². The molecule has 0 spiro atoms. The Morgan fingerprint density at radius 1 is 1.20 bits per heavy atom. The molecule has 6 heteroatoms. The van der Waals surface area contributed by atoms with Gasteiger partial charge in [-0.3, -0.25) is 4.79 Å². The SMILES string of the molecule is CCN(CC)CCN(Cc1cc2cc(C)ccc2[nH]c1=O)C(=S)NC. The van der Waals surface area contributed by atoms with E-state index in [1.807, 2.05) is 25.2 Å². The molecule has 0 fully saturated rings. The smallest absolute Gasteiger partial charge is 0.253 e. The van der Waals surface area contributed by atoms with Crippen molar-refractivity contribution in [3.05, 3.63) is 45.7 Å². The van der Waals surface area contributed by atoms with Gasteiger partial charge in [0.15, 0.2) is 5.11 Å². The molecule has 0 aliphatic carbocycles. The largest absolute Gasteiger partial charge is 0.366 e. The highest BCUT2D eigenvalue weighted by Gasteiger charge is 2.13. The lowest BCUT2D eigenvalue weighted by molar-refractivity contribution is 0.264. The summed E-state index contributed by atoms with van der Waals surface area (Å²) >= 11 is 5.44. The molecule has 0 saturated heterocycles. The highest BCUT2D eigenvalue weighted by Crippen LogP contribution is 2.14. The summed E-state index contributed by atoms with van der Waals surface area (Å²) < 4.78 is 0. The molecule has 0 atom stereocenters. The molecule has 0 saturated carbocycles. The maximum absolute atomic E-state index is 12.5. The van der Waals surface area contributed by atoms with E-state index >= 15 is 0 Å². The zero-order chi connectivity index (χ0) is 18.4. The van der Waals surface area contributed by atoms with Gasteiger partial charge in [-0.05, 0) is 55.8 Å². The van der Waals surface area contributed by atoms with Gasteiger partial charge in [-0.25, -0.2) is 0 Å². The summed E-state index contributed by atoms with van der Waals surface area (Å²) in [6, 6.07) is 8.02. The van der Waals surface area contributed by atoms with E-state index in [0.717, 1.165) is 42.6 Å². The summed E-state index contributed by atoms with van der Waals surface area (Å²) in [5.41, 5.74) is 2.72. The lowest BCUT2D eigenvalue weighted by Gasteiger charge is -2.28. The third kappa shape index (κ3) is 5.03. The van der Waals surface area contributed by atoms with E-state index in [4.69, 9.17) is 12.2 Å². The number of aromatic nitrogens is 1. The quantitative estimate of drug-likeness (QED) is 0.743. The molecule has 2 rings (SSSR count). The molecule has 1 heterocycles. The molecular weight excluding hydrogens is 332 g/mol. The Morgan fingerprint density at radius 2 is 1.92 bits per heavy atom. The molecule has 1 aromatic carbocycles. The molecule has 2 N–H and O–H groups in total. The van der Waals surface area contributed by atoms with E-state index in [9.17, 15) is 4.79 Å². The van der Waals surface area contributed by atoms with Crippen molar-refractivity contribution >= 4 is 28.2 Å². The molecule has 0 bridgehead atoms. The minimum Gasteiger partial charge on any atom is -0.366 e.